The van der Waals surface area contributed by atoms with E-state index in [9.17, 15) is 9.18 Å². The quantitative estimate of drug-likeness (QED) is 0.857. The molecule has 0 radical (unpaired) electrons. The van der Waals surface area contributed by atoms with Crippen LogP contribution in [0.2, 0.25) is 0 Å². The van der Waals surface area contributed by atoms with Crippen LogP contribution >= 0.6 is 0 Å². The number of carbonyl (C=O) groups excluding carboxylic acids is 1. The van der Waals surface area contributed by atoms with Gasteiger partial charge in [-0.1, -0.05) is 6.92 Å². The van der Waals surface area contributed by atoms with Gasteiger partial charge in [0.15, 0.2) is 0 Å². The smallest absolute Gasteiger partial charge is 0.293 e. The number of carbonyl (C=O) groups is 1. The molecule has 0 unspecified atom stereocenters. The zero-order valence-corrected chi connectivity index (χ0v) is 12.8. The molecule has 0 spiro atoms. The van der Waals surface area contributed by atoms with Crippen LogP contribution in [0, 0.1) is 18.7 Å². The highest BCUT2D eigenvalue weighted by molar-refractivity contribution is 5.90. The van der Waals surface area contributed by atoms with Crippen LogP contribution in [0.25, 0.3) is 5.69 Å². The van der Waals surface area contributed by atoms with Crippen molar-refractivity contribution in [2.45, 2.75) is 26.7 Å². The Balaban J connectivity index is 1.85. The second kappa shape index (κ2) is 5.87. The Hall–Kier alpha value is -2.24. The van der Waals surface area contributed by atoms with Gasteiger partial charge in [-0.25, -0.2) is 14.1 Å². The van der Waals surface area contributed by atoms with E-state index in [2.05, 4.69) is 17.0 Å². The topological polar surface area (TPSA) is 51.0 Å². The first-order chi connectivity index (χ1) is 10.5. The molecule has 1 aromatic heterocycles. The summed E-state index contributed by atoms with van der Waals surface area (Å²) >= 11 is 0. The molecule has 3 rings (SSSR count). The average Bonchev–Trinajstić information content (AvgIpc) is 2.89. The molecule has 1 aromatic carbocycles. The van der Waals surface area contributed by atoms with Crippen molar-refractivity contribution >= 4 is 5.91 Å². The second-order valence-corrected chi connectivity index (χ2v) is 5.87. The normalized spacial score (nSPS) is 18.5. The number of likely N-dealkylation sites (tertiary alicyclic amines) is 1. The van der Waals surface area contributed by atoms with E-state index >= 15 is 0 Å². The zero-order chi connectivity index (χ0) is 15.7. The molecule has 6 heteroatoms. The Bertz CT molecular complexity index is 680. The fraction of sp³-hybridized carbons (Fsp3) is 0.438. The number of aryl methyl sites for hydroxylation is 1. The molecule has 22 heavy (non-hydrogen) atoms. The molecule has 1 fully saturated rings. The molecule has 2 aromatic rings. The van der Waals surface area contributed by atoms with Crippen LogP contribution in [0.5, 0.6) is 0 Å². The van der Waals surface area contributed by atoms with Crippen molar-refractivity contribution in [2.75, 3.05) is 13.1 Å². The first-order valence-electron chi connectivity index (χ1n) is 7.53. The number of hydrogen-bond acceptors (Lipinski definition) is 3. The van der Waals surface area contributed by atoms with Gasteiger partial charge in [-0.15, -0.1) is 5.10 Å². The number of hydrogen-bond donors (Lipinski definition) is 0. The summed E-state index contributed by atoms with van der Waals surface area (Å²) in [5, 5.41) is 4.30. The fourth-order valence-corrected chi connectivity index (χ4v) is 2.82. The van der Waals surface area contributed by atoms with Gasteiger partial charge in [0.25, 0.3) is 5.91 Å². The highest BCUT2D eigenvalue weighted by Gasteiger charge is 2.25. The van der Waals surface area contributed by atoms with Crippen molar-refractivity contribution in [3.63, 3.8) is 0 Å². The molecule has 116 valence electrons. The largest absolute Gasteiger partial charge is 0.336 e. The van der Waals surface area contributed by atoms with E-state index in [1.165, 1.54) is 12.1 Å². The van der Waals surface area contributed by atoms with Crippen LogP contribution in [0.15, 0.2) is 24.3 Å². The van der Waals surface area contributed by atoms with Crippen LogP contribution in [-0.4, -0.2) is 38.7 Å². The first kappa shape index (κ1) is 14.7. The average molecular weight is 302 g/mol. The van der Waals surface area contributed by atoms with E-state index in [-0.39, 0.29) is 17.5 Å². The van der Waals surface area contributed by atoms with Gasteiger partial charge in [0, 0.05) is 13.1 Å². The lowest BCUT2D eigenvalue weighted by atomic mass is 10.0. The Morgan fingerprint density at radius 1 is 1.32 bits per heavy atom. The van der Waals surface area contributed by atoms with Crippen molar-refractivity contribution in [1.82, 2.24) is 19.7 Å². The number of aromatic nitrogens is 3. The number of halogens is 1. The summed E-state index contributed by atoms with van der Waals surface area (Å²) in [5.41, 5.74) is 0.692. The van der Waals surface area contributed by atoms with Crippen molar-refractivity contribution < 1.29 is 9.18 Å². The van der Waals surface area contributed by atoms with Gasteiger partial charge in [0.2, 0.25) is 5.82 Å². The summed E-state index contributed by atoms with van der Waals surface area (Å²) in [6, 6.07) is 5.97. The second-order valence-electron chi connectivity index (χ2n) is 5.87. The monoisotopic (exact) mass is 302 g/mol. The molecule has 1 aliphatic heterocycles. The van der Waals surface area contributed by atoms with Crippen molar-refractivity contribution in [3.8, 4) is 5.69 Å². The van der Waals surface area contributed by atoms with Crippen LogP contribution in [-0.2, 0) is 0 Å². The standard InChI is InChI=1S/C16H19FN4O/c1-11-4-3-9-20(10-11)16(22)15-18-12(2)21(19-15)14-7-5-13(17)6-8-14/h5-8,11H,3-4,9-10H2,1-2H3/t11-/m0/s1. The van der Waals surface area contributed by atoms with Crippen LogP contribution in [0.1, 0.15) is 36.2 Å². The van der Waals surface area contributed by atoms with Gasteiger partial charge >= 0.3 is 0 Å². The van der Waals surface area contributed by atoms with Gasteiger partial charge in [0.05, 0.1) is 5.69 Å². The number of benzene rings is 1. The molecule has 2 heterocycles. The summed E-state index contributed by atoms with van der Waals surface area (Å²) in [5.74, 6) is 0.893. The third-order valence-electron chi connectivity index (χ3n) is 3.98. The van der Waals surface area contributed by atoms with E-state index in [0.29, 0.717) is 17.4 Å². The fourth-order valence-electron chi connectivity index (χ4n) is 2.82. The van der Waals surface area contributed by atoms with E-state index in [1.54, 1.807) is 23.7 Å². The van der Waals surface area contributed by atoms with Gasteiger partial charge in [-0.05, 0) is 49.9 Å². The third-order valence-corrected chi connectivity index (χ3v) is 3.98. The lowest BCUT2D eigenvalue weighted by molar-refractivity contribution is 0.0670. The zero-order valence-electron chi connectivity index (χ0n) is 12.8. The maximum absolute atomic E-state index is 13.0. The predicted octanol–water partition coefficient (Wildman–Crippen LogP) is 2.59. The number of nitrogens with zero attached hydrogens (tertiary/aromatic N) is 4. The van der Waals surface area contributed by atoms with Crippen LogP contribution < -0.4 is 0 Å². The Morgan fingerprint density at radius 2 is 2.05 bits per heavy atom. The minimum atomic E-state index is -0.305. The van der Waals surface area contributed by atoms with E-state index in [1.807, 2.05) is 4.90 Å². The Morgan fingerprint density at radius 3 is 2.73 bits per heavy atom. The molecule has 1 atom stereocenters. The van der Waals surface area contributed by atoms with Gasteiger partial charge in [-0.2, -0.15) is 0 Å². The first-order valence-corrected chi connectivity index (χ1v) is 7.53. The Labute approximate surface area is 128 Å². The molecule has 1 saturated heterocycles. The SMILES string of the molecule is Cc1nc(C(=O)N2CCC[C@H](C)C2)nn1-c1ccc(F)cc1. The van der Waals surface area contributed by atoms with Gasteiger partial charge in [0.1, 0.15) is 11.6 Å². The molecule has 0 aliphatic carbocycles. The minimum Gasteiger partial charge on any atom is -0.336 e. The highest BCUT2D eigenvalue weighted by Crippen LogP contribution is 2.18. The summed E-state index contributed by atoms with van der Waals surface area (Å²) in [6.07, 6.45) is 2.17. The molecule has 1 aliphatic rings. The lowest BCUT2D eigenvalue weighted by Crippen LogP contribution is -2.39. The van der Waals surface area contributed by atoms with Crippen LogP contribution in [0.4, 0.5) is 4.39 Å². The third kappa shape index (κ3) is 2.86. The van der Waals surface area contributed by atoms with Crippen LogP contribution in [0.3, 0.4) is 0 Å². The van der Waals surface area contributed by atoms with E-state index in [0.717, 1.165) is 25.9 Å². The molecule has 5 nitrogen and oxygen atoms in total. The van der Waals surface area contributed by atoms with Gasteiger partial charge < -0.3 is 4.90 Å². The summed E-state index contributed by atoms with van der Waals surface area (Å²) in [4.78, 5) is 18.6. The maximum atomic E-state index is 13.0. The van der Waals surface area contributed by atoms with E-state index in [4.69, 9.17) is 0 Å². The summed E-state index contributed by atoms with van der Waals surface area (Å²) in [6.45, 7) is 5.44. The highest BCUT2D eigenvalue weighted by atomic mass is 19.1. The molecule has 0 saturated carbocycles. The van der Waals surface area contributed by atoms with Gasteiger partial charge in [-0.3, -0.25) is 4.79 Å². The van der Waals surface area contributed by atoms with Crippen molar-refractivity contribution in [1.29, 1.82) is 0 Å². The number of piperidine rings is 1. The number of rotatable bonds is 2. The minimum absolute atomic E-state index is 0.129. The van der Waals surface area contributed by atoms with Crippen molar-refractivity contribution in [3.05, 3.63) is 41.7 Å². The lowest BCUT2D eigenvalue weighted by Gasteiger charge is -2.29. The molecular formula is C16H19FN4O. The maximum Gasteiger partial charge on any atom is 0.293 e. The number of amides is 1. The molecule has 0 N–H and O–H groups in total. The molecular weight excluding hydrogens is 283 g/mol. The molecule has 0 bridgehead atoms. The van der Waals surface area contributed by atoms with Crippen molar-refractivity contribution in [2.24, 2.45) is 5.92 Å². The Kier molecular flexibility index (Phi) is 3.92. The predicted molar refractivity (Wildman–Crippen MR) is 80.4 cm³/mol. The summed E-state index contributed by atoms with van der Waals surface area (Å²) in [7, 11) is 0. The molecule has 1 amide bonds. The van der Waals surface area contributed by atoms with E-state index < -0.39 is 0 Å². The summed E-state index contributed by atoms with van der Waals surface area (Å²) < 4.78 is 14.6.